The number of fused-ring (bicyclic) bond motifs is 1. The van der Waals surface area contributed by atoms with Crippen LogP contribution in [-0.2, 0) is 4.79 Å². The lowest BCUT2D eigenvalue weighted by Gasteiger charge is -2.31. The number of nitrogens with one attached hydrogen (secondary N) is 1. The van der Waals surface area contributed by atoms with E-state index in [1.807, 2.05) is 0 Å². The van der Waals surface area contributed by atoms with E-state index in [0.717, 1.165) is 37.3 Å². The second kappa shape index (κ2) is 4.65. The maximum absolute atomic E-state index is 11.2. The van der Waals surface area contributed by atoms with Gasteiger partial charge in [0, 0.05) is 19.0 Å². The molecule has 0 unspecified atom stereocenters. The van der Waals surface area contributed by atoms with Crippen molar-refractivity contribution in [1.82, 2.24) is 19.9 Å². The molecule has 0 radical (unpaired) electrons. The van der Waals surface area contributed by atoms with Crippen LogP contribution in [-0.4, -0.2) is 38.9 Å². The number of carbonyl (C=O) groups is 1. The predicted octanol–water partition coefficient (Wildman–Crippen LogP) is 0.708. The van der Waals surface area contributed by atoms with Gasteiger partial charge in [0.2, 0.25) is 11.2 Å². The second-order valence-corrected chi connectivity index (χ2v) is 4.92. The molecule has 0 saturated carbocycles. The minimum Gasteiger partial charge on any atom is -0.369 e. The van der Waals surface area contributed by atoms with Crippen LogP contribution in [0.15, 0.2) is 6.33 Å². The Bertz CT molecular complexity index is 619. The highest BCUT2D eigenvalue weighted by Gasteiger charge is 2.25. The van der Waals surface area contributed by atoms with E-state index in [0.29, 0.717) is 5.65 Å². The zero-order chi connectivity index (χ0) is 13.4. The fourth-order valence-corrected chi connectivity index (χ4v) is 2.56. The predicted molar refractivity (Wildman–Crippen MR) is 70.8 cm³/mol. The quantitative estimate of drug-likeness (QED) is 0.789. The number of rotatable bonds is 2. The summed E-state index contributed by atoms with van der Waals surface area (Å²) in [6.07, 6.45) is 3.02. The fourth-order valence-electron chi connectivity index (χ4n) is 2.40. The molecular weight excluding hydrogens is 268 g/mol. The first kappa shape index (κ1) is 12.2. The van der Waals surface area contributed by atoms with Crippen molar-refractivity contribution in [3.63, 3.8) is 0 Å². The minimum absolute atomic E-state index is 0.0502. The Labute approximate surface area is 114 Å². The number of aromatic amines is 1. The third-order valence-electron chi connectivity index (χ3n) is 3.44. The van der Waals surface area contributed by atoms with E-state index in [4.69, 9.17) is 17.3 Å². The summed E-state index contributed by atoms with van der Waals surface area (Å²) in [5, 5.41) is 0.173. The van der Waals surface area contributed by atoms with E-state index in [9.17, 15) is 4.79 Å². The monoisotopic (exact) mass is 280 g/mol. The Hall–Kier alpha value is -1.89. The maximum Gasteiger partial charge on any atom is 0.226 e. The van der Waals surface area contributed by atoms with Crippen LogP contribution in [0.3, 0.4) is 0 Å². The van der Waals surface area contributed by atoms with Crippen molar-refractivity contribution in [3.05, 3.63) is 11.6 Å². The van der Waals surface area contributed by atoms with Gasteiger partial charge in [-0.25, -0.2) is 4.98 Å². The Balaban J connectivity index is 1.89. The normalized spacial score (nSPS) is 17.0. The highest BCUT2D eigenvalue weighted by atomic mass is 35.5. The SMILES string of the molecule is NC(=O)C1CCN(c2nc(Cl)nc3nc[nH]c23)CC1. The molecule has 0 aliphatic carbocycles. The van der Waals surface area contributed by atoms with Crippen LogP contribution in [0.25, 0.3) is 11.2 Å². The number of primary amides is 1. The number of carbonyl (C=O) groups excluding carboxylic acids is 1. The maximum atomic E-state index is 11.2. The summed E-state index contributed by atoms with van der Waals surface area (Å²) in [6.45, 7) is 1.43. The van der Waals surface area contributed by atoms with Gasteiger partial charge in [-0.3, -0.25) is 4.79 Å². The summed E-state index contributed by atoms with van der Waals surface area (Å²) < 4.78 is 0. The van der Waals surface area contributed by atoms with E-state index in [1.54, 1.807) is 6.33 Å². The lowest BCUT2D eigenvalue weighted by molar-refractivity contribution is -0.122. The van der Waals surface area contributed by atoms with Crippen LogP contribution in [0, 0.1) is 5.92 Å². The Morgan fingerprint density at radius 3 is 2.84 bits per heavy atom. The van der Waals surface area contributed by atoms with Crippen LogP contribution >= 0.6 is 11.6 Å². The van der Waals surface area contributed by atoms with E-state index < -0.39 is 0 Å². The van der Waals surface area contributed by atoms with Gasteiger partial charge in [0.05, 0.1) is 6.33 Å². The Kier molecular flexibility index (Phi) is 2.98. The first-order valence-corrected chi connectivity index (χ1v) is 6.44. The van der Waals surface area contributed by atoms with E-state index in [-0.39, 0.29) is 17.1 Å². The molecule has 8 heteroatoms. The molecule has 1 aliphatic rings. The van der Waals surface area contributed by atoms with Crippen molar-refractivity contribution in [3.8, 4) is 0 Å². The average Bonchev–Trinajstić information content (AvgIpc) is 2.85. The van der Waals surface area contributed by atoms with Gasteiger partial charge in [-0.2, -0.15) is 9.97 Å². The van der Waals surface area contributed by atoms with Crippen molar-refractivity contribution in [2.24, 2.45) is 11.7 Å². The molecule has 0 spiro atoms. The number of hydrogen-bond acceptors (Lipinski definition) is 5. The first-order chi connectivity index (χ1) is 9.15. The van der Waals surface area contributed by atoms with Gasteiger partial charge in [-0.15, -0.1) is 0 Å². The largest absolute Gasteiger partial charge is 0.369 e. The fraction of sp³-hybridized carbons (Fsp3) is 0.455. The molecule has 2 aromatic rings. The summed E-state index contributed by atoms with van der Waals surface area (Å²) in [6, 6.07) is 0. The molecule has 7 nitrogen and oxygen atoms in total. The molecule has 0 aromatic carbocycles. The van der Waals surface area contributed by atoms with Gasteiger partial charge in [0.15, 0.2) is 11.5 Å². The molecule has 2 aromatic heterocycles. The smallest absolute Gasteiger partial charge is 0.226 e. The lowest BCUT2D eigenvalue weighted by Crippen LogP contribution is -2.39. The Morgan fingerprint density at radius 2 is 2.16 bits per heavy atom. The summed E-state index contributed by atoms with van der Waals surface area (Å²) in [7, 11) is 0. The average molecular weight is 281 g/mol. The summed E-state index contributed by atoms with van der Waals surface area (Å²) in [5.74, 6) is 0.452. The van der Waals surface area contributed by atoms with Crippen molar-refractivity contribution in [1.29, 1.82) is 0 Å². The van der Waals surface area contributed by atoms with Gasteiger partial charge in [-0.1, -0.05) is 0 Å². The molecule has 1 fully saturated rings. The van der Waals surface area contributed by atoms with Gasteiger partial charge in [0.1, 0.15) is 5.52 Å². The van der Waals surface area contributed by atoms with Crippen molar-refractivity contribution >= 4 is 34.5 Å². The van der Waals surface area contributed by atoms with Gasteiger partial charge in [-0.05, 0) is 24.4 Å². The van der Waals surface area contributed by atoms with Crippen LogP contribution in [0.2, 0.25) is 5.28 Å². The second-order valence-electron chi connectivity index (χ2n) is 4.58. The molecule has 1 amide bonds. The molecule has 1 saturated heterocycles. The summed E-state index contributed by atoms with van der Waals surface area (Å²) >= 11 is 5.90. The molecule has 0 atom stereocenters. The first-order valence-electron chi connectivity index (χ1n) is 6.06. The highest BCUT2D eigenvalue weighted by molar-refractivity contribution is 6.28. The standard InChI is InChI=1S/C11H13ClN6O/c12-11-16-9-7(14-5-15-9)10(17-11)18-3-1-6(2-4-18)8(13)19/h5-6H,1-4H2,(H2,13,19)(H,14,15,16,17). The summed E-state index contributed by atoms with van der Waals surface area (Å²) in [5.41, 5.74) is 6.64. The topological polar surface area (TPSA) is 101 Å². The van der Waals surface area contributed by atoms with Crippen molar-refractivity contribution in [2.45, 2.75) is 12.8 Å². The third kappa shape index (κ3) is 2.21. The van der Waals surface area contributed by atoms with Crippen LogP contribution in [0.1, 0.15) is 12.8 Å². The number of nitrogens with two attached hydrogens (primary N) is 1. The molecule has 0 bridgehead atoms. The Morgan fingerprint density at radius 1 is 1.42 bits per heavy atom. The van der Waals surface area contributed by atoms with Crippen LogP contribution in [0.4, 0.5) is 5.82 Å². The number of aromatic nitrogens is 4. The molecule has 3 N–H and O–H groups in total. The lowest BCUT2D eigenvalue weighted by atomic mass is 9.96. The number of anilines is 1. The van der Waals surface area contributed by atoms with Gasteiger partial charge in [0.25, 0.3) is 0 Å². The number of hydrogen-bond donors (Lipinski definition) is 2. The molecular formula is C11H13ClN6O. The van der Waals surface area contributed by atoms with Crippen LogP contribution < -0.4 is 10.6 Å². The zero-order valence-electron chi connectivity index (χ0n) is 10.1. The van der Waals surface area contributed by atoms with E-state index >= 15 is 0 Å². The molecule has 3 rings (SSSR count). The molecule has 1 aliphatic heterocycles. The number of amides is 1. The zero-order valence-corrected chi connectivity index (χ0v) is 10.9. The van der Waals surface area contributed by atoms with Crippen molar-refractivity contribution in [2.75, 3.05) is 18.0 Å². The van der Waals surface area contributed by atoms with Gasteiger partial charge >= 0.3 is 0 Å². The number of piperidine rings is 1. The van der Waals surface area contributed by atoms with E-state index in [2.05, 4.69) is 24.8 Å². The molecule has 100 valence electrons. The number of H-pyrrole nitrogens is 1. The highest BCUT2D eigenvalue weighted by Crippen LogP contribution is 2.27. The number of halogens is 1. The van der Waals surface area contributed by atoms with E-state index in [1.165, 1.54) is 0 Å². The molecule has 19 heavy (non-hydrogen) atoms. The van der Waals surface area contributed by atoms with Gasteiger partial charge < -0.3 is 15.6 Å². The third-order valence-corrected chi connectivity index (χ3v) is 3.61. The molecule has 3 heterocycles. The summed E-state index contributed by atoms with van der Waals surface area (Å²) in [4.78, 5) is 28.7. The number of imidazole rings is 1. The van der Waals surface area contributed by atoms with Crippen molar-refractivity contribution < 1.29 is 4.79 Å². The van der Waals surface area contributed by atoms with Crippen LogP contribution in [0.5, 0.6) is 0 Å². The minimum atomic E-state index is -0.230. The number of nitrogens with zero attached hydrogens (tertiary/aromatic N) is 4.